The SMILES string of the molecule is CC(=O)Oc1ccc(C([AsH]c2ccccc2)c2ccc(OC(C)=O)cc2)cc1. The molecule has 1 atom stereocenters. The van der Waals surface area contributed by atoms with Crippen molar-refractivity contribution in [3.05, 3.63) is 90.0 Å². The first-order valence-corrected chi connectivity index (χ1v) is 11.2. The van der Waals surface area contributed by atoms with Gasteiger partial charge in [0.15, 0.2) is 0 Å². The second-order valence-corrected chi connectivity index (χ2v) is 9.30. The zero-order valence-corrected chi connectivity index (χ0v) is 17.8. The summed E-state index contributed by atoms with van der Waals surface area (Å²) in [6.45, 7) is 2.78. The zero-order valence-electron chi connectivity index (χ0n) is 15.7. The molecule has 1 unspecified atom stereocenters. The van der Waals surface area contributed by atoms with Crippen molar-refractivity contribution in [2.45, 2.75) is 18.6 Å². The average molecular weight is 436 g/mol. The van der Waals surface area contributed by atoms with Crippen molar-refractivity contribution in [1.82, 2.24) is 0 Å². The molecule has 0 saturated carbocycles. The van der Waals surface area contributed by atoms with Crippen LogP contribution in [0, 0.1) is 0 Å². The minimum atomic E-state index is -0.528. The maximum absolute atomic E-state index is 11.2. The van der Waals surface area contributed by atoms with Gasteiger partial charge in [-0.3, -0.25) is 0 Å². The van der Waals surface area contributed by atoms with Crippen LogP contribution in [-0.2, 0) is 9.59 Å². The Morgan fingerprint density at radius 3 is 1.50 bits per heavy atom. The van der Waals surface area contributed by atoms with Crippen LogP contribution < -0.4 is 13.8 Å². The Morgan fingerprint density at radius 1 is 0.679 bits per heavy atom. The van der Waals surface area contributed by atoms with Crippen molar-refractivity contribution in [3.63, 3.8) is 0 Å². The number of esters is 2. The van der Waals surface area contributed by atoms with Crippen LogP contribution in [0.15, 0.2) is 78.9 Å². The van der Waals surface area contributed by atoms with Gasteiger partial charge in [0.2, 0.25) is 0 Å². The van der Waals surface area contributed by atoms with Crippen molar-refractivity contribution >= 4 is 32.0 Å². The molecule has 0 radical (unpaired) electrons. The molecule has 3 rings (SSSR count). The Kier molecular flexibility index (Phi) is 6.67. The molecule has 0 amide bonds. The minimum absolute atomic E-state index is 0.236. The molecule has 0 aliphatic heterocycles. The average Bonchev–Trinajstić information content (AvgIpc) is 2.68. The molecule has 0 N–H and O–H groups in total. The Balaban J connectivity index is 1.90. The molecule has 0 bridgehead atoms. The Morgan fingerprint density at radius 2 is 1.11 bits per heavy atom. The molecule has 4 nitrogen and oxygen atoms in total. The van der Waals surface area contributed by atoms with E-state index in [0.717, 1.165) is 0 Å². The van der Waals surface area contributed by atoms with Crippen LogP contribution >= 0.6 is 0 Å². The molecule has 28 heavy (non-hydrogen) atoms. The van der Waals surface area contributed by atoms with Gasteiger partial charge < -0.3 is 0 Å². The number of carbonyl (C=O) groups is 2. The van der Waals surface area contributed by atoms with Gasteiger partial charge >= 0.3 is 171 Å². The number of hydrogen-bond acceptors (Lipinski definition) is 4. The van der Waals surface area contributed by atoms with E-state index in [1.807, 2.05) is 54.6 Å². The molecule has 0 fully saturated rings. The molecular weight excluding hydrogens is 415 g/mol. The topological polar surface area (TPSA) is 52.6 Å². The van der Waals surface area contributed by atoms with Crippen molar-refractivity contribution in [2.24, 2.45) is 0 Å². The van der Waals surface area contributed by atoms with Gasteiger partial charge in [-0.25, -0.2) is 0 Å². The first kappa shape index (κ1) is 19.9. The van der Waals surface area contributed by atoms with Crippen molar-refractivity contribution in [1.29, 1.82) is 0 Å². The summed E-state index contributed by atoms with van der Waals surface area (Å²) in [4.78, 5) is 22.3. The molecule has 0 spiro atoms. The van der Waals surface area contributed by atoms with Crippen LogP contribution in [0.2, 0.25) is 0 Å². The summed E-state index contributed by atoms with van der Waals surface area (Å²) in [5.41, 5.74) is 2.33. The summed E-state index contributed by atoms with van der Waals surface area (Å²) in [7, 11) is 0. The van der Waals surface area contributed by atoms with Crippen molar-refractivity contribution < 1.29 is 19.1 Å². The normalized spacial score (nSPS) is 11.0. The zero-order chi connectivity index (χ0) is 19.9. The number of rotatable bonds is 6. The molecule has 5 heteroatoms. The first-order chi connectivity index (χ1) is 13.5. The molecule has 3 aromatic rings. The molecule has 3 aromatic carbocycles. The monoisotopic (exact) mass is 436 g/mol. The third-order valence-corrected chi connectivity index (χ3v) is 7.44. The van der Waals surface area contributed by atoms with Gasteiger partial charge in [-0.1, -0.05) is 0 Å². The van der Waals surface area contributed by atoms with Crippen LogP contribution in [0.3, 0.4) is 0 Å². The third kappa shape index (κ3) is 5.58. The van der Waals surface area contributed by atoms with E-state index in [1.165, 1.54) is 29.3 Å². The fourth-order valence-electron chi connectivity index (χ4n) is 2.85. The summed E-state index contributed by atoms with van der Waals surface area (Å²) < 4.78 is 11.9. The van der Waals surface area contributed by atoms with Crippen molar-refractivity contribution in [2.75, 3.05) is 0 Å². The third-order valence-electron chi connectivity index (χ3n) is 4.03. The standard InChI is InChI=1S/C23H21AsO4/c1-16(25)27-21-12-8-18(9-13-21)23(24-20-6-4-3-5-7-20)19-10-14-22(15-11-19)28-17(2)26/h3-15,23-24H,1-2H3. The van der Waals surface area contributed by atoms with Gasteiger partial charge in [-0.05, 0) is 0 Å². The van der Waals surface area contributed by atoms with Crippen LogP contribution in [-0.4, -0.2) is 27.7 Å². The van der Waals surface area contributed by atoms with E-state index in [0.29, 0.717) is 11.5 Å². The molecule has 0 saturated heterocycles. The molecule has 0 aromatic heterocycles. The maximum atomic E-state index is 11.2. The van der Waals surface area contributed by atoms with Gasteiger partial charge in [0.25, 0.3) is 0 Å². The van der Waals surface area contributed by atoms with Crippen LogP contribution in [0.1, 0.15) is 29.7 Å². The van der Waals surface area contributed by atoms with Gasteiger partial charge in [-0.2, -0.15) is 0 Å². The predicted octanol–water partition coefficient (Wildman–Crippen LogP) is 3.39. The predicted molar refractivity (Wildman–Crippen MR) is 111 cm³/mol. The van der Waals surface area contributed by atoms with Crippen LogP contribution in [0.5, 0.6) is 11.5 Å². The fraction of sp³-hybridized carbons (Fsp3) is 0.130. The Bertz CT molecular complexity index is 875. The van der Waals surface area contributed by atoms with Crippen molar-refractivity contribution in [3.8, 4) is 11.5 Å². The van der Waals surface area contributed by atoms with E-state index >= 15 is 0 Å². The summed E-state index contributed by atoms with van der Waals surface area (Å²) in [5.74, 6) is 0.422. The Labute approximate surface area is 171 Å². The molecule has 0 aliphatic carbocycles. The fourth-order valence-corrected chi connectivity index (χ4v) is 5.86. The summed E-state index contributed by atoms with van der Waals surface area (Å²) in [6.07, 6.45) is 0. The summed E-state index contributed by atoms with van der Waals surface area (Å²) >= 11 is -0.528. The number of benzene rings is 3. The molecule has 142 valence electrons. The summed E-state index contributed by atoms with van der Waals surface area (Å²) in [6, 6.07) is 25.8. The van der Waals surface area contributed by atoms with Gasteiger partial charge in [0, 0.05) is 0 Å². The van der Waals surface area contributed by atoms with E-state index in [-0.39, 0.29) is 16.6 Å². The van der Waals surface area contributed by atoms with Crippen LogP contribution in [0.25, 0.3) is 0 Å². The first-order valence-electron chi connectivity index (χ1n) is 8.89. The van der Waals surface area contributed by atoms with Gasteiger partial charge in [0.1, 0.15) is 0 Å². The van der Waals surface area contributed by atoms with E-state index in [9.17, 15) is 9.59 Å². The second kappa shape index (κ2) is 9.38. The quantitative estimate of drug-likeness (QED) is 0.338. The van der Waals surface area contributed by atoms with E-state index in [2.05, 4.69) is 24.3 Å². The van der Waals surface area contributed by atoms with E-state index in [4.69, 9.17) is 9.47 Å². The Hall–Kier alpha value is -2.84. The van der Waals surface area contributed by atoms with Gasteiger partial charge in [0.05, 0.1) is 0 Å². The molecule has 0 aliphatic rings. The second-order valence-electron chi connectivity index (χ2n) is 6.27. The number of ether oxygens (including phenoxy) is 2. The van der Waals surface area contributed by atoms with E-state index < -0.39 is 15.8 Å². The van der Waals surface area contributed by atoms with E-state index in [1.54, 1.807) is 0 Å². The van der Waals surface area contributed by atoms with Crippen LogP contribution in [0.4, 0.5) is 0 Å². The number of hydrogen-bond donors (Lipinski definition) is 0. The number of carbonyl (C=O) groups excluding carboxylic acids is 2. The summed E-state index contributed by atoms with van der Waals surface area (Å²) in [5, 5.41) is 0. The molecule has 0 heterocycles. The van der Waals surface area contributed by atoms with Gasteiger partial charge in [-0.15, -0.1) is 0 Å². The molecular formula is C23H21AsO4.